The van der Waals surface area contributed by atoms with Crippen molar-refractivity contribution in [1.82, 2.24) is 14.8 Å². The molecule has 0 aliphatic heterocycles. The zero-order valence-corrected chi connectivity index (χ0v) is 17.1. The van der Waals surface area contributed by atoms with Crippen LogP contribution in [0, 0.1) is 6.92 Å². The van der Waals surface area contributed by atoms with Crippen LogP contribution < -0.4 is 5.32 Å². The molecule has 3 aromatic rings. The van der Waals surface area contributed by atoms with Crippen molar-refractivity contribution < 1.29 is 14.3 Å². The first-order chi connectivity index (χ1) is 14.1. The van der Waals surface area contributed by atoms with E-state index in [-0.39, 0.29) is 11.7 Å². The zero-order chi connectivity index (χ0) is 20.6. The summed E-state index contributed by atoms with van der Waals surface area (Å²) < 4.78 is 12.4. The van der Waals surface area contributed by atoms with E-state index in [9.17, 15) is 4.79 Å². The van der Waals surface area contributed by atoms with Gasteiger partial charge < -0.3 is 14.8 Å². The molecule has 0 bridgehead atoms. The summed E-state index contributed by atoms with van der Waals surface area (Å²) in [5.74, 6) is 0.319. The van der Waals surface area contributed by atoms with Gasteiger partial charge in [-0.2, -0.15) is 0 Å². The van der Waals surface area contributed by atoms with Crippen molar-refractivity contribution in [2.45, 2.75) is 20.5 Å². The minimum atomic E-state index is -0.379. The zero-order valence-electron chi connectivity index (χ0n) is 16.4. The van der Waals surface area contributed by atoms with Crippen molar-refractivity contribution in [3.8, 4) is 5.69 Å². The van der Waals surface area contributed by atoms with Gasteiger partial charge in [-0.05, 0) is 55.8 Å². The highest BCUT2D eigenvalue weighted by molar-refractivity contribution is 6.30. The lowest BCUT2D eigenvalue weighted by atomic mass is 10.2. The van der Waals surface area contributed by atoms with Crippen molar-refractivity contribution in [3.05, 3.63) is 70.8 Å². The Bertz CT molecular complexity index is 957. The maximum absolute atomic E-state index is 12.6. The van der Waals surface area contributed by atoms with E-state index in [1.165, 1.54) is 0 Å². The lowest BCUT2D eigenvalue weighted by Crippen LogP contribution is -2.14. The van der Waals surface area contributed by atoms with Gasteiger partial charge in [-0.15, -0.1) is 5.10 Å². The number of aryl methyl sites for hydroxylation is 1. The number of hydrogen-bond donors (Lipinski definition) is 1. The second kappa shape index (κ2) is 10.2. The average molecular weight is 415 g/mol. The molecule has 0 unspecified atom stereocenters. The molecule has 2 aromatic carbocycles. The molecule has 1 amide bonds. The number of carbonyl (C=O) groups excluding carboxylic acids is 1. The normalized spacial score (nSPS) is 10.9. The fourth-order valence-corrected chi connectivity index (χ4v) is 2.82. The Labute approximate surface area is 174 Å². The minimum Gasteiger partial charge on any atom is -0.379 e. The number of aromatic nitrogens is 3. The molecule has 0 atom stereocenters. The number of nitrogens with zero attached hydrogens (tertiary/aromatic N) is 3. The molecular formula is C21H23ClN4O3. The molecule has 29 heavy (non-hydrogen) atoms. The molecule has 0 saturated carbocycles. The van der Waals surface area contributed by atoms with Crippen LogP contribution in [0.25, 0.3) is 5.69 Å². The maximum Gasteiger partial charge on any atom is 0.295 e. The standard InChI is InChI=1S/C21H23ClN4O3/c1-3-28-11-12-29-14-16-5-4-6-18(13-16)24-21(27)20-23-15(2)26(25-20)19-9-7-17(22)8-10-19/h4-10,13H,3,11-12,14H2,1-2H3,(H,24,27). The lowest BCUT2D eigenvalue weighted by Gasteiger charge is -2.07. The summed E-state index contributed by atoms with van der Waals surface area (Å²) in [7, 11) is 0. The van der Waals surface area contributed by atoms with Crippen molar-refractivity contribution in [2.75, 3.05) is 25.1 Å². The van der Waals surface area contributed by atoms with Crippen molar-refractivity contribution in [2.24, 2.45) is 0 Å². The van der Waals surface area contributed by atoms with Crippen LogP contribution in [0.3, 0.4) is 0 Å². The highest BCUT2D eigenvalue weighted by atomic mass is 35.5. The van der Waals surface area contributed by atoms with E-state index in [2.05, 4.69) is 15.4 Å². The van der Waals surface area contributed by atoms with Gasteiger partial charge in [-0.1, -0.05) is 23.7 Å². The second-order valence-electron chi connectivity index (χ2n) is 6.27. The molecule has 0 aliphatic carbocycles. The predicted octanol–water partition coefficient (Wildman–Crippen LogP) is 4.03. The third kappa shape index (κ3) is 5.87. The van der Waals surface area contributed by atoms with E-state index in [0.717, 1.165) is 11.3 Å². The predicted molar refractivity (Wildman–Crippen MR) is 112 cm³/mol. The topological polar surface area (TPSA) is 78.3 Å². The third-order valence-corrected chi connectivity index (χ3v) is 4.32. The van der Waals surface area contributed by atoms with Gasteiger partial charge in [-0.25, -0.2) is 9.67 Å². The molecule has 8 heteroatoms. The minimum absolute atomic E-state index is 0.0933. The number of ether oxygens (including phenoxy) is 2. The van der Waals surface area contributed by atoms with Crippen LogP contribution in [0.4, 0.5) is 5.69 Å². The molecule has 1 N–H and O–H groups in total. The van der Waals surface area contributed by atoms with E-state index in [4.69, 9.17) is 21.1 Å². The van der Waals surface area contributed by atoms with Crippen LogP contribution in [0.15, 0.2) is 48.5 Å². The number of nitrogens with one attached hydrogen (secondary N) is 1. The molecule has 1 heterocycles. The summed E-state index contributed by atoms with van der Waals surface area (Å²) in [5, 5.41) is 7.78. The van der Waals surface area contributed by atoms with E-state index in [1.807, 2.05) is 43.3 Å². The van der Waals surface area contributed by atoms with Crippen LogP contribution >= 0.6 is 11.6 Å². The summed E-state index contributed by atoms with van der Waals surface area (Å²) >= 11 is 5.93. The Balaban J connectivity index is 1.64. The van der Waals surface area contributed by atoms with Crippen LogP contribution in [-0.4, -0.2) is 40.5 Å². The maximum atomic E-state index is 12.6. The lowest BCUT2D eigenvalue weighted by molar-refractivity contribution is 0.0453. The van der Waals surface area contributed by atoms with Crippen molar-refractivity contribution in [3.63, 3.8) is 0 Å². The number of carbonyl (C=O) groups is 1. The van der Waals surface area contributed by atoms with Gasteiger partial charge in [0.05, 0.1) is 25.5 Å². The van der Waals surface area contributed by atoms with E-state index in [0.29, 0.717) is 43.0 Å². The van der Waals surface area contributed by atoms with Gasteiger partial charge in [-0.3, -0.25) is 4.79 Å². The van der Waals surface area contributed by atoms with E-state index in [1.54, 1.807) is 23.7 Å². The molecule has 7 nitrogen and oxygen atoms in total. The van der Waals surface area contributed by atoms with E-state index < -0.39 is 0 Å². The summed E-state index contributed by atoms with van der Waals surface area (Å²) in [5.41, 5.74) is 2.39. The Hall–Kier alpha value is -2.74. The fraction of sp³-hybridized carbons (Fsp3) is 0.286. The summed E-state index contributed by atoms with van der Waals surface area (Å²) in [6.45, 7) is 5.94. The molecule has 1 aromatic heterocycles. The highest BCUT2D eigenvalue weighted by Gasteiger charge is 2.15. The van der Waals surface area contributed by atoms with Crippen LogP contribution in [0.2, 0.25) is 5.02 Å². The molecule has 0 fully saturated rings. The summed E-state index contributed by atoms with van der Waals surface area (Å²) in [6, 6.07) is 14.6. The number of halogens is 1. The van der Waals surface area contributed by atoms with Crippen LogP contribution in [0.1, 0.15) is 28.9 Å². The molecule has 0 saturated heterocycles. The van der Waals surface area contributed by atoms with Gasteiger partial charge in [0.2, 0.25) is 5.82 Å². The molecule has 3 rings (SSSR count). The average Bonchev–Trinajstić information content (AvgIpc) is 3.11. The SMILES string of the molecule is CCOCCOCc1cccc(NC(=O)c2nc(C)n(-c3ccc(Cl)cc3)n2)c1. The third-order valence-electron chi connectivity index (χ3n) is 4.07. The Morgan fingerprint density at radius 3 is 2.66 bits per heavy atom. The first kappa shape index (κ1) is 21.0. The van der Waals surface area contributed by atoms with Gasteiger partial charge in [0.1, 0.15) is 5.82 Å². The Morgan fingerprint density at radius 2 is 1.90 bits per heavy atom. The quantitative estimate of drug-likeness (QED) is 0.535. The molecule has 152 valence electrons. The highest BCUT2D eigenvalue weighted by Crippen LogP contribution is 2.16. The molecule has 0 spiro atoms. The Kier molecular flexibility index (Phi) is 7.35. The largest absolute Gasteiger partial charge is 0.379 e. The Morgan fingerprint density at radius 1 is 1.14 bits per heavy atom. The smallest absolute Gasteiger partial charge is 0.295 e. The van der Waals surface area contributed by atoms with Crippen LogP contribution in [-0.2, 0) is 16.1 Å². The van der Waals surface area contributed by atoms with Gasteiger partial charge in [0.15, 0.2) is 0 Å². The number of amides is 1. The second-order valence-corrected chi connectivity index (χ2v) is 6.71. The van der Waals surface area contributed by atoms with Crippen molar-refractivity contribution >= 4 is 23.2 Å². The summed E-state index contributed by atoms with van der Waals surface area (Å²) in [6.07, 6.45) is 0. The number of anilines is 1. The first-order valence-corrected chi connectivity index (χ1v) is 9.70. The number of benzene rings is 2. The number of rotatable bonds is 9. The fourth-order valence-electron chi connectivity index (χ4n) is 2.69. The molecule has 0 aliphatic rings. The summed E-state index contributed by atoms with van der Waals surface area (Å²) in [4.78, 5) is 16.9. The number of hydrogen-bond acceptors (Lipinski definition) is 5. The van der Waals surface area contributed by atoms with Gasteiger partial charge in [0.25, 0.3) is 5.91 Å². The first-order valence-electron chi connectivity index (χ1n) is 9.32. The monoisotopic (exact) mass is 414 g/mol. The van der Waals surface area contributed by atoms with Gasteiger partial charge >= 0.3 is 0 Å². The van der Waals surface area contributed by atoms with E-state index >= 15 is 0 Å². The van der Waals surface area contributed by atoms with Crippen molar-refractivity contribution in [1.29, 1.82) is 0 Å². The molecular weight excluding hydrogens is 392 g/mol. The molecule has 0 radical (unpaired) electrons. The van der Waals surface area contributed by atoms with Crippen LogP contribution in [0.5, 0.6) is 0 Å². The van der Waals surface area contributed by atoms with Gasteiger partial charge in [0, 0.05) is 17.3 Å².